The predicted octanol–water partition coefficient (Wildman–Crippen LogP) is 5.99. The molecule has 5 heteroatoms. The first-order valence-electron chi connectivity index (χ1n) is 11.7. The smallest absolute Gasteiger partial charge is 0.253 e. The molecule has 1 heterocycles. The first kappa shape index (κ1) is 23.3. The number of carbonyl (C=O) groups excluding carboxylic acids is 1. The van der Waals surface area contributed by atoms with Crippen molar-refractivity contribution in [3.8, 4) is 16.9 Å². The Morgan fingerprint density at radius 3 is 2.21 bits per heavy atom. The van der Waals surface area contributed by atoms with Crippen molar-refractivity contribution >= 4 is 5.91 Å². The van der Waals surface area contributed by atoms with Crippen LogP contribution >= 0.6 is 0 Å². The van der Waals surface area contributed by atoms with E-state index in [0.29, 0.717) is 18.7 Å². The van der Waals surface area contributed by atoms with Crippen LogP contribution in [0.5, 0.6) is 5.75 Å². The number of benzene rings is 3. The second-order valence-corrected chi connectivity index (χ2v) is 8.45. The lowest BCUT2D eigenvalue weighted by Gasteiger charge is -2.22. The average Bonchev–Trinajstić information content (AvgIpc) is 3.14. The zero-order valence-electron chi connectivity index (χ0n) is 20.2. The van der Waals surface area contributed by atoms with Crippen LogP contribution in [0.15, 0.2) is 78.9 Å². The van der Waals surface area contributed by atoms with Gasteiger partial charge in [0.15, 0.2) is 0 Å². The zero-order chi connectivity index (χ0) is 24.2. The Kier molecular flexibility index (Phi) is 6.82. The first-order valence-corrected chi connectivity index (χ1v) is 11.7. The minimum absolute atomic E-state index is 0.0305. The number of carbonyl (C=O) groups is 1. The van der Waals surface area contributed by atoms with Gasteiger partial charge in [0.2, 0.25) is 0 Å². The SMILES string of the molecule is CCN(CC)C(=O)c1ccc(C(c2cccc(O)c2)n2nc(C)c(-c3ccccc3)c2C)cc1. The summed E-state index contributed by atoms with van der Waals surface area (Å²) in [4.78, 5) is 14.6. The number of aryl methyl sites for hydroxylation is 1. The number of phenolic OH excluding ortho intramolecular Hbond substituents is 1. The van der Waals surface area contributed by atoms with Crippen LogP contribution in [-0.4, -0.2) is 38.8 Å². The molecule has 0 aliphatic carbocycles. The van der Waals surface area contributed by atoms with Crippen molar-refractivity contribution in [2.24, 2.45) is 0 Å². The second-order valence-electron chi connectivity index (χ2n) is 8.45. The summed E-state index contributed by atoms with van der Waals surface area (Å²) in [5.74, 6) is 0.239. The molecule has 1 atom stereocenters. The standard InChI is InChI=1S/C29H31N3O2/c1-5-31(6-2)29(34)24-17-15-23(16-18-24)28(25-13-10-14-26(33)19-25)32-21(4)27(20(3)30-32)22-11-8-7-9-12-22/h7-19,28,33H,5-6H2,1-4H3. The second kappa shape index (κ2) is 9.96. The van der Waals surface area contributed by atoms with Gasteiger partial charge in [-0.15, -0.1) is 0 Å². The van der Waals surface area contributed by atoms with Gasteiger partial charge in [-0.05, 0) is 68.7 Å². The van der Waals surface area contributed by atoms with Crippen LogP contribution < -0.4 is 0 Å². The van der Waals surface area contributed by atoms with Crippen LogP contribution in [0.4, 0.5) is 0 Å². The van der Waals surface area contributed by atoms with Crippen LogP contribution in [0, 0.1) is 13.8 Å². The highest BCUT2D eigenvalue weighted by atomic mass is 16.3. The fourth-order valence-electron chi connectivity index (χ4n) is 4.61. The van der Waals surface area contributed by atoms with E-state index in [9.17, 15) is 9.90 Å². The molecule has 174 valence electrons. The largest absolute Gasteiger partial charge is 0.508 e. The third-order valence-electron chi connectivity index (χ3n) is 6.34. The van der Waals surface area contributed by atoms with Gasteiger partial charge in [0.1, 0.15) is 11.8 Å². The number of phenols is 1. The number of hydrogen-bond acceptors (Lipinski definition) is 3. The minimum atomic E-state index is -0.249. The van der Waals surface area contributed by atoms with Crippen molar-refractivity contribution in [3.05, 3.63) is 107 Å². The van der Waals surface area contributed by atoms with E-state index in [1.165, 1.54) is 0 Å². The average molecular weight is 454 g/mol. The number of hydrogen-bond donors (Lipinski definition) is 1. The molecular formula is C29H31N3O2. The Hall–Kier alpha value is -3.86. The van der Waals surface area contributed by atoms with Crippen molar-refractivity contribution < 1.29 is 9.90 Å². The topological polar surface area (TPSA) is 58.4 Å². The summed E-state index contributed by atoms with van der Waals surface area (Å²) in [6.07, 6.45) is 0. The molecule has 0 aliphatic heterocycles. The monoisotopic (exact) mass is 453 g/mol. The van der Waals surface area contributed by atoms with Crippen molar-refractivity contribution in [1.29, 1.82) is 0 Å². The lowest BCUT2D eigenvalue weighted by atomic mass is 9.96. The van der Waals surface area contributed by atoms with Gasteiger partial charge in [-0.2, -0.15) is 5.10 Å². The molecule has 0 spiro atoms. The predicted molar refractivity (Wildman–Crippen MR) is 136 cm³/mol. The molecule has 1 N–H and O–H groups in total. The van der Waals surface area contributed by atoms with E-state index in [-0.39, 0.29) is 17.7 Å². The van der Waals surface area contributed by atoms with Gasteiger partial charge in [0, 0.05) is 29.9 Å². The summed E-state index contributed by atoms with van der Waals surface area (Å²) >= 11 is 0. The Morgan fingerprint density at radius 2 is 1.59 bits per heavy atom. The van der Waals surface area contributed by atoms with E-state index in [1.54, 1.807) is 12.1 Å². The molecule has 1 aromatic heterocycles. The molecule has 0 aliphatic rings. The van der Waals surface area contributed by atoms with E-state index in [1.807, 2.05) is 85.0 Å². The molecule has 0 saturated heterocycles. The number of aromatic nitrogens is 2. The molecule has 0 saturated carbocycles. The van der Waals surface area contributed by atoms with E-state index in [2.05, 4.69) is 19.1 Å². The Labute approximate surface area is 201 Å². The van der Waals surface area contributed by atoms with E-state index >= 15 is 0 Å². The molecular weight excluding hydrogens is 422 g/mol. The number of aromatic hydroxyl groups is 1. The Bertz CT molecular complexity index is 1270. The number of rotatable bonds is 7. The highest BCUT2D eigenvalue weighted by molar-refractivity contribution is 5.94. The zero-order valence-corrected chi connectivity index (χ0v) is 20.2. The molecule has 1 unspecified atom stereocenters. The maximum Gasteiger partial charge on any atom is 0.253 e. The van der Waals surface area contributed by atoms with Gasteiger partial charge < -0.3 is 10.0 Å². The molecule has 0 radical (unpaired) electrons. The summed E-state index contributed by atoms with van der Waals surface area (Å²) in [6.45, 7) is 9.43. The van der Waals surface area contributed by atoms with E-state index < -0.39 is 0 Å². The lowest BCUT2D eigenvalue weighted by molar-refractivity contribution is 0.0773. The Morgan fingerprint density at radius 1 is 0.912 bits per heavy atom. The highest BCUT2D eigenvalue weighted by Crippen LogP contribution is 2.34. The molecule has 5 nitrogen and oxygen atoms in total. The van der Waals surface area contributed by atoms with Crippen molar-refractivity contribution in [2.45, 2.75) is 33.7 Å². The minimum Gasteiger partial charge on any atom is -0.508 e. The molecule has 4 aromatic rings. The third-order valence-corrected chi connectivity index (χ3v) is 6.34. The summed E-state index contributed by atoms with van der Waals surface area (Å²) in [6, 6.07) is 25.1. The fraction of sp³-hybridized carbons (Fsp3) is 0.241. The van der Waals surface area contributed by atoms with Gasteiger partial charge in [0.25, 0.3) is 5.91 Å². The maximum absolute atomic E-state index is 12.8. The first-order chi connectivity index (χ1) is 16.4. The van der Waals surface area contributed by atoms with Crippen LogP contribution in [0.3, 0.4) is 0 Å². The summed E-state index contributed by atoms with van der Waals surface area (Å²) in [7, 11) is 0. The van der Waals surface area contributed by atoms with Gasteiger partial charge in [-0.3, -0.25) is 9.48 Å². The lowest BCUT2D eigenvalue weighted by Crippen LogP contribution is -2.30. The van der Waals surface area contributed by atoms with E-state index in [4.69, 9.17) is 5.10 Å². The number of amides is 1. The van der Waals surface area contributed by atoms with Crippen LogP contribution in [0.25, 0.3) is 11.1 Å². The fourth-order valence-corrected chi connectivity index (χ4v) is 4.61. The van der Waals surface area contributed by atoms with Crippen LogP contribution in [-0.2, 0) is 0 Å². The van der Waals surface area contributed by atoms with Gasteiger partial charge in [0.05, 0.1) is 5.69 Å². The van der Waals surface area contributed by atoms with Gasteiger partial charge in [-0.1, -0.05) is 54.6 Å². The van der Waals surface area contributed by atoms with E-state index in [0.717, 1.165) is 33.6 Å². The molecule has 1 amide bonds. The van der Waals surface area contributed by atoms with Crippen molar-refractivity contribution in [2.75, 3.05) is 13.1 Å². The molecule has 3 aromatic carbocycles. The Balaban J connectivity index is 1.82. The number of nitrogens with zero attached hydrogens (tertiary/aromatic N) is 3. The molecule has 34 heavy (non-hydrogen) atoms. The maximum atomic E-state index is 12.8. The van der Waals surface area contributed by atoms with Gasteiger partial charge in [-0.25, -0.2) is 0 Å². The molecule has 0 bridgehead atoms. The van der Waals surface area contributed by atoms with Crippen molar-refractivity contribution in [1.82, 2.24) is 14.7 Å². The summed E-state index contributed by atoms with van der Waals surface area (Å²) in [5, 5.41) is 15.2. The summed E-state index contributed by atoms with van der Waals surface area (Å²) in [5.41, 5.74) is 6.81. The van der Waals surface area contributed by atoms with Gasteiger partial charge >= 0.3 is 0 Å². The van der Waals surface area contributed by atoms with Crippen molar-refractivity contribution in [3.63, 3.8) is 0 Å². The van der Waals surface area contributed by atoms with Crippen LogP contribution in [0.1, 0.15) is 52.8 Å². The highest BCUT2D eigenvalue weighted by Gasteiger charge is 2.24. The normalized spacial score (nSPS) is 11.9. The molecule has 4 rings (SSSR count). The van der Waals surface area contributed by atoms with Crippen LogP contribution in [0.2, 0.25) is 0 Å². The third kappa shape index (κ3) is 4.46. The summed E-state index contributed by atoms with van der Waals surface area (Å²) < 4.78 is 2.02. The quantitative estimate of drug-likeness (QED) is 0.374. The molecule has 0 fully saturated rings.